The molecule has 0 radical (unpaired) electrons. The Morgan fingerprint density at radius 3 is 2.54 bits per heavy atom. The van der Waals surface area contributed by atoms with Crippen molar-refractivity contribution >= 4 is 48.4 Å². The van der Waals surface area contributed by atoms with Crippen LogP contribution in [-0.4, -0.2) is 40.6 Å². The van der Waals surface area contributed by atoms with Gasteiger partial charge < -0.3 is 5.32 Å². The molecule has 2 aromatic heterocycles. The number of hydrogen-bond donors (Lipinski definition) is 1. The lowest BCUT2D eigenvalue weighted by atomic mass is 10.0. The molecule has 2 aromatic carbocycles. The zero-order chi connectivity index (χ0) is 24.9. The number of rotatable bonds is 4. The number of carbonyl (C=O) groups excluding carboxylic acids is 1. The SMILES string of the molecule is Cc1ccc(-c2cc(C(=O)Nc3ccc(Br)cc3F)c3c(C)nn(C4CCS(=O)(=O)C4)c3n2)cc1. The molecule has 10 heteroatoms. The third-order valence-corrected chi connectivity index (χ3v) is 8.41. The van der Waals surface area contributed by atoms with Crippen molar-refractivity contribution in [2.24, 2.45) is 0 Å². The van der Waals surface area contributed by atoms with Crippen LogP contribution in [-0.2, 0) is 9.84 Å². The van der Waals surface area contributed by atoms with Crippen molar-refractivity contribution in [1.82, 2.24) is 14.8 Å². The molecule has 1 fully saturated rings. The highest BCUT2D eigenvalue weighted by molar-refractivity contribution is 9.10. The number of pyridine rings is 1. The minimum Gasteiger partial charge on any atom is -0.319 e. The van der Waals surface area contributed by atoms with Crippen LogP contribution in [0.1, 0.15) is 34.1 Å². The Hall–Kier alpha value is -3.11. The summed E-state index contributed by atoms with van der Waals surface area (Å²) in [5.74, 6) is -1.01. The third kappa shape index (κ3) is 4.60. The fourth-order valence-electron chi connectivity index (χ4n) is 4.37. The van der Waals surface area contributed by atoms with Gasteiger partial charge in [0.25, 0.3) is 5.91 Å². The van der Waals surface area contributed by atoms with Gasteiger partial charge in [-0.05, 0) is 44.5 Å². The fraction of sp³-hybridized carbons (Fsp3) is 0.240. The Labute approximate surface area is 210 Å². The standard InChI is InChI=1S/C25H22BrFN4O3S/c1-14-3-5-16(6-4-14)22-12-19(25(32)29-21-8-7-17(26)11-20(21)27)23-15(2)30-31(24(23)28-22)18-9-10-35(33,34)13-18/h3-8,11-12,18H,9-10,13H2,1-2H3,(H,29,32). The van der Waals surface area contributed by atoms with Gasteiger partial charge in [-0.25, -0.2) is 22.5 Å². The Morgan fingerprint density at radius 2 is 1.89 bits per heavy atom. The zero-order valence-corrected chi connectivity index (χ0v) is 21.5. The molecule has 5 rings (SSSR count). The summed E-state index contributed by atoms with van der Waals surface area (Å²) in [5, 5.41) is 7.77. The predicted molar refractivity (Wildman–Crippen MR) is 137 cm³/mol. The topological polar surface area (TPSA) is 94.0 Å². The first-order valence-corrected chi connectivity index (χ1v) is 13.7. The maximum absolute atomic E-state index is 14.5. The number of benzene rings is 2. The molecule has 3 heterocycles. The van der Waals surface area contributed by atoms with Crippen molar-refractivity contribution < 1.29 is 17.6 Å². The van der Waals surface area contributed by atoms with Crippen LogP contribution in [0.15, 0.2) is 53.0 Å². The molecule has 180 valence electrons. The van der Waals surface area contributed by atoms with Gasteiger partial charge in [0, 0.05) is 10.0 Å². The number of nitrogens with one attached hydrogen (secondary N) is 1. The van der Waals surface area contributed by atoms with Crippen LogP contribution in [0.5, 0.6) is 0 Å². The number of carbonyl (C=O) groups is 1. The molecular formula is C25H22BrFN4O3S. The first kappa shape index (κ1) is 23.6. The molecule has 7 nitrogen and oxygen atoms in total. The average molecular weight is 557 g/mol. The number of fused-ring (bicyclic) bond motifs is 1. The van der Waals surface area contributed by atoms with Crippen LogP contribution in [0.25, 0.3) is 22.3 Å². The fourth-order valence-corrected chi connectivity index (χ4v) is 6.39. The molecule has 1 saturated heterocycles. The number of aryl methyl sites for hydroxylation is 2. The summed E-state index contributed by atoms with van der Waals surface area (Å²) in [4.78, 5) is 18.3. The monoisotopic (exact) mass is 556 g/mol. The van der Waals surface area contributed by atoms with Crippen molar-refractivity contribution in [3.05, 3.63) is 75.6 Å². The minimum atomic E-state index is -3.16. The van der Waals surface area contributed by atoms with Crippen molar-refractivity contribution in [3.63, 3.8) is 0 Å². The van der Waals surface area contributed by atoms with Crippen LogP contribution in [0, 0.1) is 19.7 Å². The van der Waals surface area contributed by atoms with Gasteiger partial charge in [0.05, 0.1) is 45.6 Å². The Morgan fingerprint density at radius 1 is 1.14 bits per heavy atom. The molecule has 0 aliphatic carbocycles. The largest absolute Gasteiger partial charge is 0.319 e. The van der Waals surface area contributed by atoms with E-state index in [0.29, 0.717) is 33.3 Å². The molecular weight excluding hydrogens is 535 g/mol. The van der Waals surface area contributed by atoms with E-state index in [1.165, 1.54) is 12.1 Å². The van der Waals surface area contributed by atoms with Gasteiger partial charge in [-0.3, -0.25) is 4.79 Å². The van der Waals surface area contributed by atoms with Gasteiger partial charge in [0.15, 0.2) is 15.5 Å². The zero-order valence-electron chi connectivity index (χ0n) is 19.0. The number of amides is 1. The number of aromatic nitrogens is 3. The van der Waals surface area contributed by atoms with E-state index in [-0.39, 0.29) is 28.8 Å². The second-order valence-corrected chi connectivity index (χ2v) is 11.9. The van der Waals surface area contributed by atoms with Crippen molar-refractivity contribution in [3.8, 4) is 11.3 Å². The van der Waals surface area contributed by atoms with Crippen LogP contribution >= 0.6 is 15.9 Å². The van der Waals surface area contributed by atoms with E-state index in [1.54, 1.807) is 23.7 Å². The van der Waals surface area contributed by atoms with Crippen LogP contribution < -0.4 is 5.32 Å². The number of nitrogens with zero attached hydrogens (tertiary/aromatic N) is 3. The number of sulfone groups is 1. The van der Waals surface area contributed by atoms with Crippen LogP contribution in [0.2, 0.25) is 0 Å². The van der Waals surface area contributed by atoms with Gasteiger partial charge >= 0.3 is 0 Å². The molecule has 1 N–H and O–H groups in total. The summed E-state index contributed by atoms with van der Waals surface area (Å²) in [6.45, 7) is 3.73. The second-order valence-electron chi connectivity index (χ2n) is 8.78. The van der Waals surface area contributed by atoms with E-state index in [4.69, 9.17) is 4.98 Å². The molecule has 1 amide bonds. The Balaban J connectivity index is 1.68. The quantitative estimate of drug-likeness (QED) is 0.371. The maximum atomic E-state index is 14.5. The van der Waals surface area contributed by atoms with Crippen molar-refractivity contribution in [2.45, 2.75) is 26.3 Å². The Bertz CT molecular complexity index is 1580. The molecule has 1 unspecified atom stereocenters. The first-order chi connectivity index (χ1) is 16.6. The van der Waals surface area contributed by atoms with Gasteiger partial charge in [-0.2, -0.15) is 5.10 Å². The number of anilines is 1. The van der Waals surface area contributed by atoms with E-state index in [2.05, 4.69) is 26.3 Å². The molecule has 0 saturated carbocycles. The minimum absolute atomic E-state index is 0.0225. The summed E-state index contributed by atoms with van der Waals surface area (Å²) in [7, 11) is -3.16. The highest BCUT2D eigenvalue weighted by Crippen LogP contribution is 2.33. The third-order valence-electron chi connectivity index (χ3n) is 6.16. The van der Waals surface area contributed by atoms with E-state index < -0.39 is 21.6 Å². The highest BCUT2D eigenvalue weighted by Gasteiger charge is 2.32. The lowest BCUT2D eigenvalue weighted by molar-refractivity contribution is 0.102. The van der Waals surface area contributed by atoms with Crippen molar-refractivity contribution in [1.29, 1.82) is 0 Å². The molecule has 0 spiro atoms. The van der Waals surface area contributed by atoms with Crippen molar-refractivity contribution in [2.75, 3.05) is 16.8 Å². The lowest BCUT2D eigenvalue weighted by Gasteiger charge is -2.13. The first-order valence-electron chi connectivity index (χ1n) is 11.0. The van der Waals surface area contributed by atoms with Gasteiger partial charge in [0.1, 0.15) is 5.82 Å². The molecule has 4 aromatic rings. The van der Waals surface area contributed by atoms with E-state index in [9.17, 15) is 17.6 Å². The number of halogens is 2. The number of hydrogen-bond acceptors (Lipinski definition) is 5. The van der Waals surface area contributed by atoms with Crippen LogP contribution in [0.3, 0.4) is 0 Å². The summed E-state index contributed by atoms with van der Waals surface area (Å²) in [6, 6.07) is 13.4. The van der Waals surface area contributed by atoms with E-state index in [0.717, 1.165) is 11.1 Å². The lowest BCUT2D eigenvalue weighted by Crippen LogP contribution is -2.15. The van der Waals surface area contributed by atoms with Gasteiger partial charge in [-0.15, -0.1) is 0 Å². The normalized spacial score (nSPS) is 17.1. The molecule has 0 bridgehead atoms. The molecule has 1 aliphatic heterocycles. The summed E-state index contributed by atoms with van der Waals surface area (Å²) in [6.07, 6.45) is 0.431. The van der Waals surface area contributed by atoms with E-state index >= 15 is 0 Å². The summed E-state index contributed by atoms with van der Waals surface area (Å²) in [5.41, 5.74) is 3.74. The maximum Gasteiger partial charge on any atom is 0.256 e. The Kier molecular flexibility index (Phi) is 5.96. The summed E-state index contributed by atoms with van der Waals surface area (Å²) >= 11 is 3.22. The second kappa shape index (κ2) is 8.83. The van der Waals surface area contributed by atoms with Gasteiger partial charge in [0.2, 0.25) is 0 Å². The van der Waals surface area contributed by atoms with E-state index in [1.807, 2.05) is 31.2 Å². The molecule has 1 aliphatic rings. The highest BCUT2D eigenvalue weighted by atomic mass is 79.9. The van der Waals surface area contributed by atoms with Crippen LogP contribution in [0.4, 0.5) is 10.1 Å². The molecule has 35 heavy (non-hydrogen) atoms. The average Bonchev–Trinajstić information content (AvgIpc) is 3.34. The summed E-state index contributed by atoms with van der Waals surface area (Å²) < 4.78 is 40.9. The predicted octanol–water partition coefficient (Wildman–Crippen LogP) is 5.23. The smallest absolute Gasteiger partial charge is 0.256 e. The van der Waals surface area contributed by atoms with Gasteiger partial charge in [-0.1, -0.05) is 45.8 Å². The molecule has 1 atom stereocenters.